The summed E-state index contributed by atoms with van der Waals surface area (Å²) in [5.41, 5.74) is -0.304. The summed E-state index contributed by atoms with van der Waals surface area (Å²) in [5.74, 6) is 2.90. The van der Waals surface area contributed by atoms with Crippen molar-refractivity contribution in [3.05, 3.63) is 0 Å². The highest BCUT2D eigenvalue weighted by molar-refractivity contribution is 7.99. The minimum atomic E-state index is -0.466. The lowest BCUT2D eigenvalue weighted by Crippen LogP contribution is -2.57. The zero-order chi connectivity index (χ0) is 14.3. The van der Waals surface area contributed by atoms with Gasteiger partial charge in [-0.05, 0) is 61.4 Å². The molecule has 0 radical (unpaired) electrons. The molecule has 0 aromatic heterocycles. The number of hydrogen-bond acceptors (Lipinski definition) is 3. The Bertz CT molecular complexity index is 343. The lowest BCUT2D eigenvalue weighted by atomic mass is 9.57. The fourth-order valence-electron chi connectivity index (χ4n) is 4.80. The summed E-state index contributed by atoms with van der Waals surface area (Å²) in [4.78, 5) is 0. The van der Waals surface area contributed by atoms with Crippen molar-refractivity contribution in [2.24, 2.45) is 11.3 Å². The van der Waals surface area contributed by atoms with Crippen LogP contribution in [0.1, 0.15) is 65.2 Å². The van der Waals surface area contributed by atoms with Crippen LogP contribution >= 0.6 is 11.8 Å². The number of rotatable bonds is 1. The monoisotopic (exact) mass is 298 g/mol. The van der Waals surface area contributed by atoms with Gasteiger partial charge in [0.1, 0.15) is 0 Å². The molecule has 0 aromatic carbocycles. The Morgan fingerprint density at radius 1 is 1.05 bits per heavy atom. The summed E-state index contributed by atoms with van der Waals surface area (Å²) in [7, 11) is 0. The smallest absolute Gasteiger partial charge is 0.0728 e. The van der Waals surface area contributed by atoms with E-state index in [4.69, 9.17) is 4.74 Å². The molecule has 0 aromatic rings. The quantitative estimate of drug-likeness (QED) is 0.793. The van der Waals surface area contributed by atoms with Gasteiger partial charge in [-0.1, -0.05) is 26.7 Å². The van der Waals surface area contributed by atoms with Crippen LogP contribution in [0.4, 0.5) is 0 Å². The Balaban J connectivity index is 1.78. The molecule has 20 heavy (non-hydrogen) atoms. The van der Waals surface area contributed by atoms with Gasteiger partial charge >= 0.3 is 0 Å². The first-order valence-electron chi connectivity index (χ1n) is 8.42. The Morgan fingerprint density at radius 3 is 2.45 bits per heavy atom. The maximum absolute atomic E-state index is 11.5. The summed E-state index contributed by atoms with van der Waals surface area (Å²) in [6.45, 7) is 5.42. The van der Waals surface area contributed by atoms with Gasteiger partial charge in [-0.25, -0.2) is 0 Å². The average Bonchev–Trinajstić information content (AvgIpc) is 2.43. The first-order chi connectivity index (χ1) is 9.48. The molecule has 2 saturated heterocycles. The minimum absolute atomic E-state index is 0.0673. The molecule has 1 aliphatic carbocycles. The highest BCUT2D eigenvalue weighted by atomic mass is 32.2. The van der Waals surface area contributed by atoms with Gasteiger partial charge in [0, 0.05) is 6.61 Å². The molecule has 2 unspecified atom stereocenters. The molecule has 1 spiro atoms. The molecular formula is C17H30O2S. The van der Waals surface area contributed by atoms with Crippen molar-refractivity contribution < 1.29 is 9.84 Å². The van der Waals surface area contributed by atoms with E-state index in [0.717, 1.165) is 25.9 Å². The molecule has 116 valence electrons. The molecular weight excluding hydrogens is 268 g/mol. The number of aliphatic hydroxyl groups is 1. The van der Waals surface area contributed by atoms with Crippen LogP contribution in [-0.4, -0.2) is 34.4 Å². The molecule has 3 fully saturated rings. The second kappa shape index (κ2) is 5.48. The fourth-order valence-corrected chi connectivity index (χ4v) is 6.04. The zero-order valence-electron chi connectivity index (χ0n) is 13.1. The highest BCUT2D eigenvalue weighted by Crippen LogP contribution is 2.53. The molecule has 3 aliphatic rings. The van der Waals surface area contributed by atoms with Crippen LogP contribution in [0.15, 0.2) is 0 Å². The van der Waals surface area contributed by atoms with Gasteiger partial charge in [-0.3, -0.25) is 0 Å². The predicted octanol–water partition coefficient (Wildman–Crippen LogP) is 4.01. The first-order valence-corrected chi connectivity index (χ1v) is 9.57. The Labute approximate surface area is 128 Å². The maximum Gasteiger partial charge on any atom is 0.0728 e. The summed E-state index contributed by atoms with van der Waals surface area (Å²) in [6, 6.07) is 0. The summed E-state index contributed by atoms with van der Waals surface area (Å²) in [6.07, 6.45) is 9.15. The maximum atomic E-state index is 11.5. The van der Waals surface area contributed by atoms with Crippen molar-refractivity contribution in [1.82, 2.24) is 0 Å². The van der Waals surface area contributed by atoms with Gasteiger partial charge in [0.15, 0.2) is 0 Å². The molecule has 0 amide bonds. The largest absolute Gasteiger partial charge is 0.389 e. The third-order valence-electron chi connectivity index (χ3n) is 6.35. The summed E-state index contributed by atoms with van der Waals surface area (Å²) < 4.78 is 6.22. The van der Waals surface area contributed by atoms with Crippen LogP contribution in [0.2, 0.25) is 0 Å². The van der Waals surface area contributed by atoms with E-state index in [-0.39, 0.29) is 11.0 Å². The lowest BCUT2D eigenvalue weighted by molar-refractivity contribution is -0.193. The molecule has 2 nitrogen and oxygen atoms in total. The van der Waals surface area contributed by atoms with Gasteiger partial charge in [-0.2, -0.15) is 11.8 Å². The van der Waals surface area contributed by atoms with Crippen molar-refractivity contribution in [1.29, 1.82) is 0 Å². The molecule has 2 atom stereocenters. The number of hydrogen-bond donors (Lipinski definition) is 1. The molecule has 0 bridgehead atoms. The first kappa shape index (κ1) is 15.2. The third kappa shape index (κ3) is 2.55. The molecule has 2 aliphatic heterocycles. The van der Waals surface area contributed by atoms with Crippen molar-refractivity contribution in [2.75, 3.05) is 18.1 Å². The van der Waals surface area contributed by atoms with Gasteiger partial charge in [-0.15, -0.1) is 0 Å². The number of thioether (sulfide) groups is 1. The second-order valence-corrected chi connectivity index (χ2v) is 9.07. The van der Waals surface area contributed by atoms with Crippen LogP contribution in [0.3, 0.4) is 0 Å². The van der Waals surface area contributed by atoms with Crippen molar-refractivity contribution in [3.63, 3.8) is 0 Å². The van der Waals surface area contributed by atoms with Crippen LogP contribution < -0.4 is 0 Å². The van der Waals surface area contributed by atoms with Gasteiger partial charge in [0.2, 0.25) is 0 Å². The topological polar surface area (TPSA) is 29.5 Å². The third-order valence-corrected chi connectivity index (χ3v) is 7.34. The minimum Gasteiger partial charge on any atom is -0.389 e. The summed E-state index contributed by atoms with van der Waals surface area (Å²) >= 11 is 2.06. The Morgan fingerprint density at radius 2 is 1.75 bits per heavy atom. The van der Waals surface area contributed by atoms with E-state index in [1.807, 2.05) is 0 Å². The second-order valence-electron chi connectivity index (χ2n) is 7.85. The zero-order valence-corrected chi connectivity index (χ0v) is 13.9. The van der Waals surface area contributed by atoms with E-state index in [0.29, 0.717) is 5.92 Å². The van der Waals surface area contributed by atoms with E-state index in [1.54, 1.807) is 0 Å². The molecule has 1 N–H and O–H groups in total. The van der Waals surface area contributed by atoms with Crippen LogP contribution in [0.25, 0.3) is 0 Å². The summed E-state index contributed by atoms with van der Waals surface area (Å²) in [5, 5.41) is 11.5. The van der Waals surface area contributed by atoms with E-state index < -0.39 is 5.60 Å². The van der Waals surface area contributed by atoms with Crippen LogP contribution in [0, 0.1) is 11.3 Å². The van der Waals surface area contributed by atoms with Crippen LogP contribution in [-0.2, 0) is 4.74 Å². The SMILES string of the molecule is CC1(C)CCCCC1(O)C1CCOC2(CCSCC2)C1. The van der Waals surface area contributed by atoms with Crippen molar-refractivity contribution in [3.8, 4) is 0 Å². The van der Waals surface area contributed by atoms with Crippen molar-refractivity contribution in [2.45, 2.75) is 76.4 Å². The van der Waals surface area contributed by atoms with E-state index in [9.17, 15) is 5.11 Å². The van der Waals surface area contributed by atoms with E-state index in [2.05, 4.69) is 25.6 Å². The molecule has 2 heterocycles. The molecule has 3 heteroatoms. The van der Waals surface area contributed by atoms with Crippen LogP contribution in [0.5, 0.6) is 0 Å². The average molecular weight is 298 g/mol. The van der Waals surface area contributed by atoms with E-state index >= 15 is 0 Å². The van der Waals surface area contributed by atoms with E-state index in [1.165, 1.54) is 43.6 Å². The normalized spacial score (nSPS) is 40.6. The number of ether oxygens (including phenoxy) is 1. The molecule has 3 rings (SSSR count). The molecule has 1 saturated carbocycles. The predicted molar refractivity (Wildman–Crippen MR) is 85.2 cm³/mol. The van der Waals surface area contributed by atoms with Gasteiger partial charge in [0.25, 0.3) is 0 Å². The van der Waals surface area contributed by atoms with Gasteiger partial charge < -0.3 is 9.84 Å². The van der Waals surface area contributed by atoms with Gasteiger partial charge in [0.05, 0.1) is 11.2 Å². The highest BCUT2D eigenvalue weighted by Gasteiger charge is 2.53. The Kier molecular flexibility index (Phi) is 4.16. The standard InChI is InChI=1S/C17H30O2S/c1-15(2)6-3-4-7-17(15,18)14-5-10-19-16(13-14)8-11-20-12-9-16/h14,18H,3-13H2,1-2H3. The Hall–Kier alpha value is 0.270. The fraction of sp³-hybridized carbons (Fsp3) is 1.00. The lowest BCUT2D eigenvalue weighted by Gasteiger charge is -2.55. The van der Waals surface area contributed by atoms with Crippen molar-refractivity contribution >= 4 is 11.8 Å².